The summed E-state index contributed by atoms with van der Waals surface area (Å²) in [5.74, 6) is -0.359. The third kappa shape index (κ3) is 4.06. The lowest BCUT2D eigenvalue weighted by Gasteiger charge is -2.39. The van der Waals surface area contributed by atoms with Gasteiger partial charge < -0.3 is 10.1 Å². The molecule has 5 rings (SSSR count). The Kier molecular flexibility index (Phi) is 5.32. The first-order valence-corrected chi connectivity index (χ1v) is 11.6. The minimum absolute atomic E-state index is 0.00150. The van der Waals surface area contributed by atoms with Gasteiger partial charge in [0.1, 0.15) is 5.60 Å². The molecule has 0 spiro atoms. The van der Waals surface area contributed by atoms with Gasteiger partial charge in [0.25, 0.3) is 0 Å². The van der Waals surface area contributed by atoms with Crippen LogP contribution in [0.1, 0.15) is 55.0 Å². The van der Waals surface area contributed by atoms with Crippen molar-refractivity contribution in [3.63, 3.8) is 0 Å². The number of fused-ring (bicyclic) bond motifs is 3. The molecule has 1 N–H and O–H groups in total. The molecule has 168 valence electrons. The molecular formula is C29H30N2O2. The minimum Gasteiger partial charge on any atom is -0.458 e. The normalized spacial score (nSPS) is 23.7. The molecule has 0 amide bonds. The topological polar surface area (TPSA) is 50.7 Å². The molecule has 0 radical (unpaired) electrons. The maximum atomic E-state index is 13.5. The van der Waals surface area contributed by atoms with Crippen molar-refractivity contribution in [1.29, 1.82) is 0 Å². The molecule has 0 bridgehead atoms. The number of hydrogen-bond acceptors (Lipinski definition) is 4. The van der Waals surface area contributed by atoms with Crippen LogP contribution in [0.25, 0.3) is 0 Å². The summed E-state index contributed by atoms with van der Waals surface area (Å²) in [7, 11) is 0. The van der Waals surface area contributed by atoms with Gasteiger partial charge in [-0.25, -0.2) is 4.79 Å². The van der Waals surface area contributed by atoms with Gasteiger partial charge in [-0.2, -0.15) is 0 Å². The third-order valence-corrected chi connectivity index (χ3v) is 6.43. The van der Waals surface area contributed by atoms with Crippen LogP contribution in [0, 0.1) is 12.8 Å². The lowest BCUT2D eigenvalue weighted by Crippen LogP contribution is -2.40. The fourth-order valence-electron chi connectivity index (χ4n) is 5.18. The van der Waals surface area contributed by atoms with E-state index in [0.29, 0.717) is 0 Å². The summed E-state index contributed by atoms with van der Waals surface area (Å²) < 4.78 is 5.86. The fraction of sp³-hybridized carbons (Fsp3) is 0.310. The van der Waals surface area contributed by atoms with Gasteiger partial charge in [0.2, 0.25) is 0 Å². The van der Waals surface area contributed by atoms with E-state index in [2.05, 4.69) is 60.8 Å². The summed E-state index contributed by atoms with van der Waals surface area (Å²) >= 11 is 0. The first kappa shape index (κ1) is 21.4. The number of hydrogen-bond donors (Lipinski definition) is 1. The molecule has 0 saturated heterocycles. The van der Waals surface area contributed by atoms with Crippen molar-refractivity contribution in [3.8, 4) is 0 Å². The highest BCUT2D eigenvalue weighted by molar-refractivity contribution is 6.07. The van der Waals surface area contributed by atoms with Gasteiger partial charge in [-0.1, -0.05) is 78.4 Å². The van der Waals surface area contributed by atoms with E-state index in [1.54, 1.807) is 0 Å². The molecule has 33 heavy (non-hydrogen) atoms. The molecule has 2 heterocycles. The number of anilines is 1. The van der Waals surface area contributed by atoms with Crippen molar-refractivity contribution < 1.29 is 9.53 Å². The molecular weight excluding hydrogens is 408 g/mol. The van der Waals surface area contributed by atoms with Crippen molar-refractivity contribution in [2.45, 2.75) is 51.3 Å². The maximum Gasteiger partial charge on any atom is 0.332 e. The van der Waals surface area contributed by atoms with Crippen LogP contribution in [0.5, 0.6) is 0 Å². The summed E-state index contributed by atoms with van der Waals surface area (Å²) in [6.45, 7) is 7.84. The highest BCUT2D eigenvalue weighted by Crippen LogP contribution is 2.52. The second-order valence-electron chi connectivity index (χ2n) is 10.0. The van der Waals surface area contributed by atoms with Crippen molar-refractivity contribution in [3.05, 3.63) is 101 Å². The smallest absolute Gasteiger partial charge is 0.332 e. The van der Waals surface area contributed by atoms with Crippen LogP contribution in [0.2, 0.25) is 0 Å². The molecule has 4 heteroatoms. The average molecular weight is 439 g/mol. The van der Waals surface area contributed by atoms with Crippen LogP contribution < -0.4 is 5.32 Å². The number of rotatable bonds is 3. The first-order valence-electron chi connectivity index (χ1n) is 11.6. The van der Waals surface area contributed by atoms with Gasteiger partial charge in [0.15, 0.2) is 6.04 Å². The maximum absolute atomic E-state index is 13.5. The third-order valence-electron chi connectivity index (χ3n) is 6.43. The van der Waals surface area contributed by atoms with E-state index in [4.69, 9.17) is 9.73 Å². The average Bonchev–Trinajstić information content (AvgIpc) is 3.19. The van der Waals surface area contributed by atoms with Crippen molar-refractivity contribution in [2.75, 3.05) is 5.32 Å². The summed E-state index contributed by atoms with van der Waals surface area (Å²) in [5.41, 5.74) is 6.04. The summed E-state index contributed by atoms with van der Waals surface area (Å²) in [5, 5.41) is 3.79. The fourth-order valence-corrected chi connectivity index (χ4v) is 5.18. The van der Waals surface area contributed by atoms with Gasteiger partial charge in [0.05, 0.1) is 6.04 Å². The molecule has 0 saturated carbocycles. The Labute approximate surface area is 195 Å². The quantitative estimate of drug-likeness (QED) is 0.505. The van der Waals surface area contributed by atoms with E-state index in [1.165, 1.54) is 11.1 Å². The Balaban J connectivity index is 1.69. The number of aryl methyl sites for hydroxylation is 1. The molecule has 4 atom stereocenters. The summed E-state index contributed by atoms with van der Waals surface area (Å²) in [6.07, 6.45) is 0. The lowest BCUT2D eigenvalue weighted by molar-refractivity contribution is -0.156. The second kappa shape index (κ2) is 8.18. The monoisotopic (exact) mass is 438 g/mol. The van der Waals surface area contributed by atoms with Crippen LogP contribution in [-0.4, -0.2) is 23.3 Å². The van der Waals surface area contributed by atoms with E-state index in [9.17, 15) is 4.79 Å². The SMILES string of the molecule is Cc1cccc(C2Nc3ccccc3C3C(C(=O)OC(C)(C)C)N=C(c4ccccc4)C23)c1. The Morgan fingerprint density at radius 2 is 1.64 bits per heavy atom. The number of nitrogens with zero attached hydrogens (tertiary/aromatic N) is 1. The zero-order chi connectivity index (χ0) is 23.2. The Morgan fingerprint density at radius 1 is 0.909 bits per heavy atom. The molecule has 3 aromatic rings. The number of nitrogens with one attached hydrogen (secondary N) is 1. The van der Waals surface area contributed by atoms with E-state index >= 15 is 0 Å². The summed E-state index contributed by atoms with van der Waals surface area (Å²) in [4.78, 5) is 18.5. The number of aliphatic imine (C=N–C) groups is 1. The van der Waals surface area contributed by atoms with Gasteiger partial charge in [0, 0.05) is 23.2 Å². The molecule has 0 fully saturated rings. The summed E-state index contributed by atoms with van der Waals surface area (Å²) in [6, 6.07) is 26.5. The van der Waals surface area contributed by atoms with Crippen molar-refractivity contribution in [1.82, 2.24) is 0 Å². The minimum atomic E-state index is -0.583. The van der Waals surface area contributed by atoms with Gasteiger partial charge in [-0.05, 0) is 50.5 Å². The number of benzene rings is 3. The first-order chi connectivity index (χ1) is 15.8. The molecule has 2 aliphatic rings. The molecule has 0 aromatic heterocycles. The molecule has 4 unspecified atom stereocenters. The molecule has 2 aliphatic heterocycles. The predicted octanol–water partition coefficient (Wildman–Crippen LogP) is 6.07. The van der Waals surface area contributed by atoms with Gasteiger partial charge in [-0.3, -0.25) is 4.99 Å². The number of carbonyl (C=O) groups excluding carboxylic acids is 1. The number of para-hydroxylation sites is 1. The standard InChI is InChI=1S/C29H30N2O2/c1-18-11-10-14-20(17-18)26-24-23(21-15-8-9-16-22(21)30-26)27(28(32)33-29(2,3)4)31-25(24)19-12-6-5-7-13-19/h5-17,23-24,26-27,30H,1-4H3. The highest BCUT2D eigenvalue weighted by Gasteiger charge is 2.51. The van der Waals surface area contributed by atoms with Crippen LogP contribution in [0.3, 0.4) is 0 Å². The van der Waals surface area contributed by atoms with Crippen LogP contribution in [0.4, 0.5) is 5.69 Å². The zero-order valence-corrected chi connectivity index (χ0v) is 19.6. The number of ether oxygens (including phenoxy) is 1. The van der Waals surface area contributed by atoms with Crippen molar-refractivity contribution >= 4 is 17.4 Å². The number of esters is 1. The largest absolute Gasteiger partial charge is 0.458 e. The van der Waals surface area contributed by atoms with E-state index < -0.39 is 11.6 Å². The molecule has 3 aromatic carbocycles. The van der Waals surface area contributed by atoms with Crippen LogP contribution in [-0.2, 0) is 9.53 Å². The second-order valence-corrected chi connectivity index (χ2v) is 10.0. The van der Waals surface area contributed by atoms with E-state index in [1.807, 2.05) is 51.1 Å². The van der Waals surface area contributed by atoms with E-state index in [0.717, 1.165) is 22.5 Å². The number of carbonyl (C=O) groups is 1. The predicted molar refractivity (Wildman–Crippen MR) is 133 cm³/mol. The van der Waals surface area contributed by atoms with Gasteiger partial charge >= 0.3 is 5.97 Å². The van der Waals surface area contributed by atoms with Crippen molar-refractivity contribution in [2.24, 2.45) is 10.9 Å². The zero-order valence-electron chi connectivity index (χ0n) is 19.6. The lowest BCUT2D eigenvalue weighted by atomic mass is 9.71. The van der Waals surface area contributed by atoms with Gasteiger partial charge in [-0.15, -0.1) is 0 Å². The van der Waals surface area contributed by atoms with Crippen LogP contribution >= 0.6 is 0 Å². The molecule has 0 aliphatic carbocycles. The van der Waals surface area contributed by atoms with E-state index in [-0.39, 0.29) is 23.8 Å². The molecule has 4 nitrogen and oxygen atoms in total. The Bertz CT molecular complexity index is 1210. The Morgan fingerprint density at radius 3 is 2.36 bits per heavy atom. The Hall–Kier alpha value is -3.40. The highest BCUT2D eigenvalue weighted by atomic mass is 16.6. The van der Waals surface area contributed by atoms with Crippen LogP contribution in [0.15, 0.2) is 83.9 Å².